The first kappa shape index (κ1) is 15.6. The topological polar surface area (TPSA) is 62.4 Å². The third-order valence-electron chi connectivity index (χ3n) is 4.95. The molecule has 2 fully saturated rings. The third-order valence-corrected chi connectivity index (χ3v) is 4.95. The van der Waals surface area contributed by atoms with Gasteiger partial charge >= 0.3 is 0 Å². The van der Waals surface area contributed by atoms with Crippen molar-refractivity contribution >= 4 is 16.7 Å². The summed E-state index contributed by atoms with van der Waals surface area (Å²) in [5.41, 5.74) is 7.66. The summed E-state index contributed by atoms with van der Waals surface area (Å²) < 4.78 is 5.55. The Kier molecular flexibility index (Phi) is 4.47. The van der Waals surface area contributed by atoms with E-state index in [1.807, 2.05) is 6.07 Å². The number of carbonyl (C=O) groups is 1. The SMILES string of the molecule is O=C(NCC1CCCO1)C1CC(c2cccc3ccccc23)NN1. The molecule has 0 aliphatic carbocycles. The maximum Gasteiger partial charge on any atom is 0.238 e. The van der Waals surface area contributed by atoms with E-state index in [-0.39, 0.29) is 24.1 Å². The fourth-order valence-corrected chi connectivity index (χ4v) is 3.63. The molecule has 0 saturated carbocycles. The van der Waals surface area contributed by atoms with Gasteiger partial charge in [-0.1, -0.05) is 42.5 Å². The number of ether oxygens (including phenoxy) is 1. The zero-order chi connectivity index (χ0) is 16.4. The highest BCUT2D eigenvalue weighted by Crippen LogP contribution is 2.29. The Labute approximate surface area is 141 Å². The van der Waals surface area contributed by atoms with E-state index in [0.717, 1.165) is 25.9 Å². The number of hydrazine groups is 1. The largest absolute Gasteiger partial charge is 0.376 e. The van der Waals surface area contributed by atoms with E-state index in [2.05, 4.69) is 52.6 Å². The molecular weight excluding hydrogens is 302 g/mol. The second-order valence-corrected chi connectivity index (χ2v) is 6.58. The van der Waals surface area contributed by atoms with Gasteiger partial charge in [-0.2, -0.15) is 0 Å². The Balaban J connectivity index is 1.41. The number of rotatable bonds is 4. The minimum absolute atomic E-state index is 0.0423. The number of hydrogen-bond donors (Lipinski definition) is 3. The average Bonchev–Trinajstić information content (AvgIpc) is 3.31. The predicted molar refractivity (Wildman–Crippen MR) is 93.3 cm³/mol. The van der Waals surface area contributed by atoms with Crippen molar-refractivity contribution in [3.63, 3.8) is 0 Å². The molecule has 4 rings (SSSR count). The van der Waals surface area contributed by atoms with Crippen LogP contribution in [0.15, 0.2) is 42.5 Å². The number of carbonyl (C=O) groups excluding carboxylic acids is 1. The van der Waals surface area contributed by atoms with Crippen molar-refractivity contribution in [2.45, 2.75) is 37.5 Å². The molecule has 2 aromatic rings. The summed E-state index contributed by atoms with van der Waals surface area (Å²) in [4.78, 5) is 12.4. The lowest BCUT2D eigenvalue weighted by Crippen LogP contribution is -2.45. The van der Waals surface area contributed by atoms with Crippen LogP contribution in [0, 0.1) is 0 Å². The first-order valence-electron chi connectivity index (χ1n) is 8.69. The predicted octanol–water partition coefficient (Wildman–Crippen LogP) is 2.04. The van der Waals surface area contributed by atoms with Crippen LogP contribution in [0.3, 0.4) is 0 Å². The Bertz CT molecular complexity index is 722. The smallest absolute Gasteiger partial charge is 0.238 e. The fourth-order valence-electron chi connectivity index (χ4n) is 3.63. The Morgan fingerprint density at radius 1 is 1.17 bits per heavy atom. The monoisotopic (exact) mass is 325 g/mol. The van der Waals surface area contributed by atoms with E-state index in [9.17, 15) is 4.79 Å². The maximum absolute atomic E-state index is 12.4. The molecule has 3 N–H and O–H groups in total. The highest BCUT2D eigenvalue weighted by molar-refractivity contribution is 5.86. The molecule has 3 unspecified atom stereocenters. The van der Waals surface area contributed by atoms with Crippen molar-refractivity contribution in [1.82, 2.24) is 16.2 Å². The van der Waals surface area contributed by atoms with Crippen LogP contribution in [0.1, 0.15) is 30.9 Å². The van der Waals surface area contributed by atoms with Gasteiger partial charge in [-0.25, -0.2) is 10.9 Å². The van der Waals surface area contributed by atoms with Gasteiger partial charge in [0.1, 0.15) is 6.04 Å². The second-order valence-electron chi connectivity index (χ2n) is 6.58. The molecule has 2 heterocycles. The highest BCUT2D eigenvalue weighted by atomic mass is 16.5. The van der Waals surface area contributed by atoms with Gasteiger partial charge in [-0.05, 0) is 35.6 Å². The summed E-state index contributed by atoms with van der Waals surface area (Å²) in [6.07, 6.45) is 3.05. The quantitative estimate of drug-likeness (QED) is 0.805. The van der Waals surface area contributed by atoms with Crippen LogP contribution in [0.5, 0.6) is 0 Å². The first-order chi connectivity index (χ1) is 11.8. The molecule has 0 aromatic heterocycles. The lowest BCUT2D eigenvalue weighted by atomic mass is 9.96. The van der Waals surface area contributed by atoms with Crippen LogP contribution in [-0.2, 0) is 9.53 Å². The Hall–Kier alpha value is -1.95. The number of nitrogens with one attached hydrogen (secondary N) is 3. The molecule has 2 aliphatic rings. The van der Waals surface area contributed by atoms with Gasteiger partial charge in [0.15, 0.2) is 0 Å². The fraction of sp³-hybridized carbons (Fsp3) is 0.421. The molecule has 5 heteroatoms. The van der Waals surface area contributed by atoms with Gasteiger partial charge in [-0.15, -0.1) is 0 Å². The summed E-state index contributed by atoms with van der Waals surface area (Å²) in [7, 11) is 0. The van der Waals surface area contributed by atoms with Gasteiger partial charge in [0.05, 0.1) is 6.10 Å². The molecule has 3 atom stereocenters. The maximum atomic E-state index is 12.4. The van der Waals surface area contributed by atoms with Crippen molar-refractivity contribution in [1.29, 1.82) is 0 Å². The van der Waals surface area contributed by atoms with Crippen LogP contribution in [0.25, 0.3) is 10.8 Å². The van der Waals surface area contributed by atoms with E-state index < -0.39 is 0 Å². The molecule has 24 heavy (non-hydrogen) atoms. The summed E-state index contributed by atoms with van der Waals surface area (Å²) in [6, 6.07) is 14.6. The van der Waals surface area contributed by atoms with E-state index in [1.54, 1.807) is 0 Å². The molecule has 126 valence electrons. The summed E-state index contributed by atoms with van der Waals surface area (Å²) >= 11 is 0. The average molecular weight is 325 g/mol. The summed E-state index contributed by atoms with van der Waals surface area (Å²) in [5, 5.41) is 5.47. The number of amides is 1. The normalized spacial score (nSPS) is 26.8. The van der Waals surface area contributed by atoms with E-state index >= 15 is 0 Å². The van der Waals surface area contributed by atoms with Crippen LogP contribution in [-0.4, -0.2) is 31.2 Å². The van der Waals surface area contributed by atoms with Crippen molar-refractivity contribution in [2.75, 3.05) is 13.2 Å². The van der Waals surface area contributed by atoms with Gasteiger partial charge in [-0.3, -0.25) is 4.79 Å². The minimum atomic E-state index is -0.213. The minimum Gasteiger partial charge on any atom is -0.376 e. The molecule has 2 saturated heterocycles. The van der Waals surface area contributed by atoms with Crippen LogP contribution < -0.4 is 16.2 Å². The molecule has 0 radical (unpaired) electrons. The van der Waals surface area contributed by atoms with Crippen molar-refractivity contribution < 1.29 is 9.53 Å². The Morgan fingerprint density at radius 3 is 2.92 bits per heavy atom. The van der Waals surface area contributed by atoms with Gasteiger partial charge in [0.25, 0.3) is 0 Å². The van der Waals surface area contributed by atoms with Crippen LogP contribution >= 0.6 is 0 Å². The van der Waals surface area contributed by atoms with Gasteiger partial charge in [0.2, 0.25) is 5.91 Å². The molecule has 2 aromatic carbocycles. The molecule has 2 aliphatic heterocycles. The van der Waals surface area contributed by atoms with Crippen LogP contribution in [0.2, 0.25) is 0 Å². The Morgan fingerprint density at radius 2 is 2.04 bits per heavy atom. The first-order valence-corrected chi connectivity index (χ1v) is 8.69. The lowest BCUT2D eigenvalue weighted by Gasteiger charge is -2.14. The molecule has 1 amide bonds. The number of fused-ring (bicyclic) bond motifs is 1. The third kappa shape index (κ3) is 3.15. The summed E-state index contributed by atoms with van der Waals surface area (Å²) in [5.74, 6) is 0.0423. The second kappa shape index (κ2) is 6.89. The van der Waals surface area contributed by atoms with Gasteiger partial charge < -0.3 is 10.1 Å². The van der Waals surface area contributed by atoms with Crippen molar-refractivity contribution in [3.05, 3.63) is 48.0 Å². The highest BCUT2D eigenvalue weighted by Gasteiger charge is 2.31. The van der Waals surface area contributed by atoms with E-state index in [0.29, 0.717) is 6.54 Å². The zero-order valence-corrected chi connectivity index (χ0v) is 13.6. The molecular formula is C19H23N3O2. The number of benzene rings is 2. The van der Waals surface area contributed by atoms with Crippen molar-refractivity contribution in [2.24, 2.45) is 0 Å². The van der Waals surface area contributed by atoms with Gasteiger partial charge in [0, 0.05) is 19.2 Å². The molecule has 0 bridgehead atoms. The molecule has 0 spiro atoms. The standard InChI is InChI=1S/C19H23N3O2/c23-19(20-12-14-7-4-10-24-14)18-11-17(21-22-18)16-9-3-6-13-5-1-2-8-15(13)16/h1-3,5-6,8-9,14,17-18,21-22H,4,7,10-12H2,(H,20,23). The van der Waals surface area contributed by atoms with E-state index in [4.69, 9.17) is 4.74 Å². The van der Waals surface area contributed by atoms with Crippen LogP contribution in [0.4, 0.5) is 0 Å². The number of hydrogen-bond acceptors (Lipinski definition) is 4. The zero-order valence-electron chi connectivity index (χ0n) is 13.6. The lowest BCUT2D eigenvalue weighted by molar-refractivity contribution is -0.123. The van der Waals surface area contributed by atoms with Crippen molar-refractivity contribution in [3.8, 4) is 0 Å². The molecule has 5 nitrogen and oxygen atoms in total. The summed E-state index contributed by atoms with van der Waals surface area (Å²) in [6.45, 7) is 1.42. The van der Waals surface area contributed by atoms with E-state index in [1.165, 1.54) is 16.3 Å².